The number of allylic oxidation sites excluding steroid dienone is 1. The third kappa shape index (κ3) is 9.18. The van der Waals surface area contributed by atoms with Crippen LogP contribution < -0.4 is 14.2 Å². The molecule has 0 bridgehead atoms. The van der Waals surface area contributed by atoms with Gasteiger partial charge in [-0.2, -0.15) is 0 Å². The number of carbonyl (C=O) groups is 2. The maximum atomic E-state index is 12.6. The SMILES string of the molecule is C=CCCCCOc1ccc(C(=O)Oc2ccc(OC(=O)C3CCC(CCCCC)CC3)cc2)cc1. The molecule has 0 spiro atoms. The molecule has 2 aromatic rings. The van der Waals surface area contributed by atoms with Crippen LogP contribution >= 0.6 is 0 Å². The van der Waals surface area contributed by atoms with E-state index in [1.807, 2.05) is 6.08 Å². The van der Waals surface area contributed by atoms with Crippen LogP contribution in [0.5, 0.6) is 17.2 Å². The van der Waals surface area contributed by atoms with Gasteiger partial charge in [-0.3, -0.25) is 4.79 Å². The molecular formula is C31H40O5. The van der Waals surface area contributed by atoms with E-state index in [0.717, 1.165) is 56.6 Å². The predicted molar refractivity (Wildman–Crippen MR) is 143 cm³/mol. The molecule has 0 N–H and O–H groups in total. The zero-order chi connectivity index (χ0) is 25.6. The van der Waals surface area contributed by atoms with Crippen molar-refractivity contribution < 1.29 is 23.8 Å². The van der Waals surface area contributed by atoms with E-state index in [1.54, 1.807) is 48.5 Å². The van der Waals surface area contributed by atoms with Gasteiger partial charge in [-0.1, -0.05) is 38.7 Å². The molecule has 194 valence electrons. The van der Waals surface area contributed by atoms with E-state index < -0.39 is 5.97 Å². The van der Waals surface area contributed by atoms with Crippen LogP contribution in [0.3, 0.4) is 0 Å². The van der Waals surface area contributed by atoms with Crippen LogP contribution in [0.2, 0.25) is 0 Å². The average Bonchev–Trinajstić information content (AvgIpc) is 2.90. The van der Waals surface area contributed by atoms with E-state index in [2.05, 4.69) is 13.5 Å². The van der Waals surface area contributed by atoms with Crippen LogP contribution in [0.1, 0.15) is 87.9 Å². The number of esters is 2. The molecule has 1 aliphatic rings. The van der Waals surface area contributed by atoms with Gasteiger partial charge in [0.05, 0.1) is 18.1 Å². The highest BCUT2D eigenvalue weighted by Gasteiger charge is 2.27. The summed E-state index contributed by atoms with van der Waals surface area (Å²) in [4.78, 5) is 25.1. The van der Waals surface area contributed by atoms with Crippen molar-refractivity contribution in [3.8, 4) is 17.2 Å². The zero-order valence-corrected chi connectivity index (χ0v) is 21.6. The fourth-order valence-corrected chi connectivity index (χ4v) is 4.58. The highest BCUT2D eigenvalue weighted by molar-refractivity contribution is 5.91. The molecule has 0 radical (unpaired) electrons. The first-order valence-electron chi connectivity index (χ1n) is 13.5. The second-order valence-electron chi connectivity index (χ2n) is 9.65. The number of hydrogen-bond donors (Lipinski definition) is 0. The smallest absolute Gasteiger partial charge is 0.343 e. The molecule has 5 heteroatoms. The lowest BCUT2D eigenvalue weighted by Crippen LogP contribution is -2.25. The van der Waals surface area contributed by atoms with E-state index in [4.69, 9.17) is 14.2 Å². The molecule has 0 amide bonds. The Hall–Kier alpha value is -3.08. The number of ether oxygens (including phenoxy) is 3. The quantitative estimate of drug-likeness (QED) is 0.116. The summed E-state index contributed by atoms with van der Waals surface area (Å²) < 4.78 is 16.8. The summed E-state index contributed by atoms with van der Waals surface area (Å²) in [6, 6.07) is 13.5. The van der Waals surface area contributed by atoms with Gasteiger partial charge < -0.3 is 14.2 Å². The summed E-state index contributed by atoms with van der Waals surface area (Å²) in [6.07, 6.45) is 14.1. The zero-order valence-electron chi connectivity index (χ0n) is 21.6. The number of benzene rings is 2. The van der Waals surface area contributed by atoms with Gasteiger partial charge in [0.2, 0.25) is 0 Å². The van der Waals surface area contributed by atoms with E-state index in [1.165, 1.54) is 25.7 Å². The minimum atomic E-state index is -0.451. The monoisotopic (exact) mass is 492 g/mol. The molecule has 0 unspecified atom stereocenters. The molecule has 2 aromatic carbocycles. The van der Waals surface area contributed by atoms with Gasteiger partial charge in [-0.05, 0) is 99.4 Å². The summed E-state index contributed by atoms with van der Waals surface area (Å²) in [6.45, 7) is 6.57. The molecule has 1 aliphatic carbocycles. The van der Waals surface area contributed by atoms with Crippen LogP contribution in [0.4, 0.5) is 0 Å². The topological polar surface area (TPSA) is 61.8 Å². The second kappa shape index (κ2) is 15.1. The molecule has 0 aliphatic heterocycles. The molecule has 0 heterocycles. The molecule has 0 aromatic heterocycles. The van der Waals surface area contributed by atoms with E-state index in [-0.39, 0.29) is 11.9 Å². The van der Waals surface area contributed by atoms with Crippen LogP contribution in [-0.4, -0.2) is 18.5 Å². The Morgan fingerprint density at radius 1 is 0.833 bits per heavy atom. The maximum Gasteiger partial charge on any atom is 0.343 e. The Balaban J connectivity index is 1.40. The average molecular weight is 493 g/mol. The summed E-state index contributed by atoms with van der Waals surface area (Å²) in [5.41, 5.74) is 0.440. The lowest BCUT2D eigenvalue weighted by atomic mass is 9.80. The van der Waals surface area contributed by atoms with Gasteiger partial charge in [-0.15, -0.1) is 6.58 Å². The Bertz CT molecular complexity index is 940. The molecular weight excluding hydrogens is 452 g/mol. The minimum absolute atomic E-state index is 0.0241. The first kappa shape index (κ1) is 27.5. The predicted octanol–water partition coefficient (Wildman–Crippen LogP) is 7.93. The van der Waals surface area contributed by atoms with Crippen LogP contribution in [0, 0.1) is 11.8 Å². The molecule has 3 rings (SSSR count). The van der Waals surface area contributed by atoms with Gasteiger partial charge in [0.25, 0.3) is 0 Å². The third-order valence-electron chi connectivity index (χ3n) is 6.81. The van der Waals surface area contributed by atoms with Crippen molar-refractivity contribution in [1.29, 1.82) is 0 Å². The van der Waals surface area contributed by atoms with Crippen molar-refractivity contribution >= 4 is 11.9 Å². The second-order valence-corrected chi connectivity index (χ2v) is 9.65. The molecule has 0 atom stereocenters. The summed E-state index contributed by atoms with van der Waals surface area (Å²) in [7, 11) is 0. The van der Waals surface area contributed by atoms with Crippen molar-refractivity contribution in [3.05, 3.63) is 66.7 Å². The summed E-state index contributed by atoms with van der Waals surface area (Å²) in [5.74, 6) is 1.72. The minimum Gasteiger partial charge on any atom is -0.494 e. The Labute approximate surface area is 215 Å². The molecule has 36 heavy (non-hydrogen) atoms. The van der Waals surface area contributed by atoms with Crippen molar-refractivity contribution in [1.82, 2.24) is 0 Å². The first-order chi connectivity index (χ1) is 17.6. The van der Waals surface area contributed by atoms with Crippen LogP contribution in [0.15, 0.2) is 61.2 Å². The summed E-state index contributed by atoms with van der Waals surface area (Å²) in [5, 5.41) is 0. The van der Waals surface area contributed by atoms with Crippen LogP contribution in [0.25, 0.3) is 0 Å². The van der Waals surface area contributed by atoms with Crippen molar-refractivity contribution in [3.63, 3.8) is 0 Å². The highest BCUT2D eigenvalue weighted by atomic mass is 16.5. The first-order valence-corrected chi connectivity index (χ1v) is 13.5. The Morgan fingerprint density at radius 2 is 1.47 bits per heavy atom. The highest BCUT2D eigenvalue weighted by Crippen LogP contribution is 2.33. The normalized spacial score (nSPS) is 17.2. The van der Waals surface area contributed by atoms with Gasteiger partial charge in [0.1, 0.15) is 17.2 Å². The third-order valence-corrected chi connectivity index (χ3v) is 6.81. The van der Waals surface area contributed by atoms with Gasteiger partial charge in [0, 0.05) is 0 Å². The van der Waals surface area contributed by atoms with Gasteiger partial charge in [-0.25, -0.2) is 4.79 Å². The number of unbranched alkanes of at least 4 members (excludes halogenated alkanes) is 4. The molecule has 5 nitrogen and oxygen atoms in total. The molecule has 1 saturated carbocycles. The molecule has 1 fully saturated rings. The van der Waals surface area contributed by atoms with Crippen molar-refractivity contribution in [2.45, 2.75) is 77.6 Å². The van der Waals surface area contributed by atoms with Gasteiger partial charge in [0.15, 0.2) is 0 Å². The standard InChI is InChI=1S/C31H40O5/c1-3-5-7-9-23-34-27-17-15-26(16-18-27)31(33)36-29-21-19-28(20-22-29)35-30(32)25-13-11-24(12-14-25)10-8-6-4-2/h3,15-22,24-25H,1,4-14,23H2,2H3. The van der Waals surface area contributed by atoms with Gasteiger partial charge >= 0.3 is 11.9 Å². The Kier molecular flexibility index (Phi) is 11.6. The van der Waals surface area contributed by atoms with E-state index in [0.29, 0.717) is 23.7 Å². The fourth-order valence-electron chi connectivity index (χ4n) is 4.58. The maximum absolute atomic E-state index is 12.6. The number of hydrogen-bond acceptors (Lipinski definition) is 5. The molecule has 0 saturated heterocycles. The lowest BCUT2D eigenvalue weighted by Gasteiger charge is -2.27. The Morgan fingerprint density at radius 3 is 2.11 bits per heavy atom. The number of rotatable bonds is 14. The van der Waals surface area contributed by atoms with Crippen LogP contribution in [-0.2, 0) is 4.79 Å². The van der Waals surface area contributed by atoms with Crippen molar-refractivity contribution in [2.75, 3.05) is 6.61 Å². The van der Waals surface area contributed by atoms with Crippen molar-refractivity contribution in [2.24, 2.45) is 11.8 Å². The largest absolute Gasteiger partial charge is 0.494 e. The summed E-state index contributed by atoms with van der Waals surface area (Å²) >= 11 is 0. The van der Waals surface area contributed by atoms with E-state index in [9.17, 15) is 9.59 Å². The number of carbonyl (C=O) groups excluding carboxylic acids is 2. The lowest BCUT2D eigenvalue weighted by molar-refractivity contribution is -0.140. The fraction of sp³-hybridized carbons (Fsp3) is 0.484. The van der Waals surface area contributed by atoms with E-state index >= 15 is 0 Å².